The molecule has 0 radical (unpaired) electrons. The summed E-state index contributed by atoms with van der Waals surface area (Å²) >= 11 is 0. The zero-order valence-electron chi connectivity index (χ0n) is 13.8. The molecule has 0 aliphatic carbocycles. The Morgan fingerprint density at radius 2 is 2.12 bits per heavy atom. The van der Waals surface area contributed by atoms with Crippen molar-refractivity contribution >= 4 is 0 Å². The van der Waals surface area contributed by atoms with Gasteiger partial charge in [-0.05, 0) is 49.1 Å². The molecule has 124 valence electrons. The molecule has 0 bridgehead atoms. The van der Waals surface area contributed by atoms with Crippen LogP contribution in [0.1, 0.15) is 18.4 Å². The topological polar surface area (TPSA) is 38.9 Å². The molecule has 0 N–H and O–H groups in total. The van der Waals surface area contributed by atoms with E-state index in [1.165, 1.54) is 24.9 Å². The number of nitrogens with zero attached hydrogens (tertiary/aromatic N) is 5. The number of benzene rings is 1. The molecule has 24 heavy (non-hydrogen) atoms. The van der Waals surface area contributed by atoms with Gasteiger partial charge in [-0.15, -0.1) is 0 Å². The molecule has 1 saturated heterocycles. The number of hydrogen-bond donors (Lipinski definition) is 0. The molecule has 0 amide bonds. The smallest absolute Gasteiger partial charge is 0.0946 e. The first kappa shape index (κ1) is 15.1. The highest BCUT2D eigenvalue weighted by atomic mass is 15.3. The van der Waals surface area contributed by atoms with Crippen molar-refractivity contribution in [3.63, 3.8) is 0 Å². The summed E-state index contributed by atoms with van der Waals surface area (Å²) < 4.78 is 4.12. The van der Waals surface area contributed by atoms with Crippen LogP contribution in [0.3, 0.4) is 0 Å². The lowest BCUT2D eigenvalue weighted by Gasteiger charge is -2.33. The molecule has 0 spiro atoms. The van der Waals surface area contributed by atoms with Gasteiger partial charge in [0.05, 0.1) is 12.0 Å². The largest absolute Gasteiger partial charge is 0.337 e. The van der Waals surface area contributed by atoms with Crippen molar-refractivity contribution in [2.45, 2.75) is 25.9 Å². The van der Waals surface area contributed by atoms with Crippen LogP contribution in [-0.2, 0) is 13.1 Å². The number of piperidine rings is 1. The zero-order chi connectivity index (χ0) is 16.2. The second kappa shape index (κ2) is 7.01. The normalized spacial score (nSPS) is 18.8. The molecule has 2 aromatic heterocycles. The van der Waals surface area contributed by atoms with E-state index in [-0.39, 0.29) is 0 Å². The fourth-order valence-electron chi connectivity index (χ4n) is 3.61. The highest BCUT2D eigenvalue weighted by molar-refractivity contribution is 5.35. The molecule has 1 atom stereocenters. The monoisotopic (exact) mass is 321 g/mol. The number of imidazole rings is 1. The predicted octanol–water partition coefficient (Wildman–Crippen LogP) is 2.98. The molecule has 3 aromatic rings. The summed E-state index contributed by atoms with van der Waals surface area (Å²) in [6.45, 7) is 4.43. The summed E-state index contributed by atoms with van der Waals surface area (Å²) in [4.78, 5) is 6.73. The summed E-state index contributed by atoms with van der Waals surface area (Å²) in [5.74, 6) is 0.710. The van der Waals surface area contributed by atoms with Gasteiger partial charge in [-0.1, -0.05) is 12.1 Å². The Balaban J connectivity index is 1.40. The molecule has 3 heterocycles. The first-order chi connectivity index (χ1) is 11.9. The van der Waals surface area contributed by atoms with Crippen LogP contribution in [0.2, 0.25) is 0 Å². The standard InChI is InChI=1S/C19H23N5/c1-4-17(12-19(6-1)24-10-3-7-21-24)13-22-9-2-5-18(14-22)15-23-11-8-20-16-23/h1,3-4,6-8,10-12,16,18H,2,5,9,13-15H2/t18-/m0/s1. The minimum absolute atomic E-state index is 0.710. The number of hydrogen-bond acceptors (Lipinski definition) is 3. The average molecular weight is 321 g/mol. The van der Waals surface area contributed by atoms with Crippen LogP contribution in [-0.4, -0.2) is 37.3 Å². The van der Waals surface area contributed by atoms with E-state index in [0.29, 0.717) is 5.92 Å². The molecule has 5 nitrogen and oxygen atoms in total. The molecule has 1 aliphatic heterocycles. The van der Waals surface area contributed by atoms with Gasteiger partial charge in [0.1, 0.15) is 0 Å². The maximum Gasteiger partial charge on any atom is 0.0946 e. The quantitative estimate of drug-likeness (QED) is 0.725. The van der Waals surface area contributed by atoms with Crippen LogP contribution < -0.4 is 0 Å². The van der Waals surface area contributed by atoms with Crippen LogP contribution in [0.4, 0.5) is 0 Å². The summed E-state index contributed by atoms with van der Waals surface area (Å²) in [5, 5.41) is 4.32. The molecule has 1 aliphatic rings. The van der Waals surface area contributed by atoms with Crippen LogP contribution in [0.15, 0.2) is 61.4 Å². The van der Waals surface area contributed by atoms with E-state index >= 15 is 0 Å². The lowest BCUT2D eigenvalue weighted by molar-refractivity contribution is 0.156. The lowest BCUT2D eigenvalue weighted by Crippen LogP contribution is -2.36. The third-order valence-corrected chi connectivity index (χ3v) is 4.72. The first-order valence-corrected chi connectivity index (χ1v) is 8.64. The van der Waals surface area contributed by atoms with Gasteiger partial charge >= 0.3 is 0 Å². The third-order valence-electron chi connectivity index (χ3n) is 4.72. The lowest BCUT2D eigenvalue weighted by atomic mass is 9.97. The highest BCUT2D eigenvalue weighted by Crippen LogP contribution is 2.21. The van der Waals surface area contributed by atoms with Crippen molar-refractivity contribution in [3.8, 4) is 5.69 Å². The number of rotatable bonds is 5. The second-order valence-electron chi connectivity index (χ2n) is 6.62. The SMILES string of the molecule is c1cc(CN2CCC[C@H](Cn3ccnc3)C2)cc(-n2cccn2)c1. The van der Waals surface area contributed by atoms with Gasteiger partial charge in [-0.25, -0.2) is 9.67 Å². The van der Waals surface area contributed by atoms with E-state index in [2.05, 4.69) is 50.0 Å². The summed E-state index contributed by atoms with van der Waals surface area (Å²) in [7, 11) is 0. The van der Waals surface area contributed by atoms with Crippen molar-refractivity contribution < 1.29 is 0 Å². The Bertz CT molecular complexity index is 748. The van der Waals surface area contributed by atoms with E-state index in [1.54, 1.807) is 0 Å². The Labute approximate surface area is 142 Å². The fraction of sp³-hybridized carbons (Fsp3) is 0.368. The predicted molar refractivity (Wildman–Crippen MR) is 93.8 cm³/mol. The van der Waals surface area contributed by atoms with Crippen molar-refractivity contribution in [3.05, 3.63) is 67.0 Å². The molecule has 4 rings (SSSR count). The Kier molecular flexibility index (Phi) is 4.42. The van der Waals surface area contributed by atoms with Crippen molar-refractivity contribution in [1.29, 1.82) is 0 Å². The van der Waals surface area contributed by atoms with Gasteiger partial charge in [0, 0.05) is 44.4 Å². The Morgan fingerprint density at radius 3 is 2.96 bits per heavy atom. The van der Waals surface area contributed by atoms with E-state index < -0.39 is 0 Å². The van der Waals surface area contributed by atoms with E-state index in [4.69, 9.17) is 0 Å². The van der Waals surface area contributed by atoms with Crippen molar-refractivity contribution in [1.82, 2.24) is 24.2 Å². The van der Waals surface area contributed by atoms with Crippen LogP contribution in [0, 0.1) is 5.92 Å². The van der Waals surface area contributed by atoms with Gasteiger partial charge in [0.2, 0.25) is 0 Å². The highest BCUT2D eigenvalue weighted by Gasteiger charge is 2.20. The first-order valence-electron chi connectivity index (χ1n) is 8.64. The summed E-state index contributed by atoms with van der Waals surface area (Å²) in [5.41, 5.74) is 2.48. The Hall–Kier alpha value is -2.40. The molecular weight excluding hydrogens is 298 g/mol. The fourth-order valence-corrected chi connectivity index (χ4v) is 3.61. The van der Waals surface area contributed by atoms with Crippen LogP contribution in [0.25, 0.3) is 5.69 Å². The minimum Gasteiger partial charge on any atom is -0.337 e. The third kappa shape index (κ3) is 3.57. The molecule has 0 saturated carbocycles. The molecule has 1 fully saturated rings. The second-order valence-corrected chi connectivity index (χ2v) is 6.62. The van der Waals surface area contributed by atoms with E-state index in [9.17, 15) is 0 Å². The van der Waals surface area contributed by atoms with Gasteiger partial charge < -0.3 is 4.57 Å². The van der Waals surface area contributed by atoms with Crippen LogP contribution >= 0.6 is 0 Å². The number of likely N-dealkylation sites (tertiary alicyclic amines) is 1. The summed E-state index contributed by atoms with van der Waals surface area (Å²) in [6, 6.07) is 10.6. The molecular formula is C19H23N5. The van der Waals surface area contributed by atoms with Gasteiger partial charge in [-0.2, -0.15) is 5.10 Å². The average Bonchev–Trinajstić information content (AvgIpc) is 3.29. The van der Waals surface area contributed by atoms with Crippen molar-refractivity contribution in [2.75, 3.05) is 13.1 Å². The maximum atomic E-state index is 4.32. The maximum absolute atomic E-state index is 4.32. The van der Waals surface area contributed by atoms with Gasteiger partial charge in [0.15, 0.2) is 0 Å². The molecule has 1 aromatic carbocycles. The molecule has 5 heteroatoms. The Morgan fingerprint density at radius 1 is 1.12 bits per heavy atom. The van der Waals surface area contributed by atoms with E-state index in [1.807, 2.05) is 35.7 Å². The van der Waals surface area contributed by atoms with Crippen molar-refractivity contribution in [2.24, 2.45) is 5.92 Å². The minimum atomic E-state index is 0.710. The number of aromatic nitrogens is 4. The van der Waals surface area contributed by atoms with Gasteiger partial charge in [-0.3, -0.25) is 4.90 Å². The summed E-state index contributed by atoms with van der Waals surface area (Å²) in [6.07, 6.45) is 12.2. The zero-order valence-corrected chi connectivity index (χ0v) is 13.8. The van der Waals surface area contributed by atoms with E-state index in [0.717, 1.165) is 25.3 Å². The molecule has 0 unspecified atom stereocenters. The van der Waals surface area contributed by atoms with Crippen LogP contribution in [0.5, 0.6) is 0 Å². The van der Waals surface area contributed by atoms with Gasteiger partial charge in [0.25, 0.3) is 0 Å².